The highest BCUT2D eigenvalue weighted by molar-refractivity contribution is 5.81. The van der Waals surface area contributed by atoms with Crippen LogP contribution in [-0.4, -0.2) is 18.1 Å². The van der Waals surface area contributed by atoms with Crippen molar-refractivity contribution in [3.8, 4) is 0 Å². The Balaban J connectivity index is 3.24. The highest BCUT2D eigenvalue weighted by atomic mass is 16.1. The molecule has 0 saturated carbocycles. The summed E-state index contributed by atoms with van der Waals surface area (Å²) in [5.41, 5.74) is 5.46. The Hall–Kier alpha value is -0.700. The van der Waals surface area contributed by atoms with Crippen LogP contribution in [-0.2, 0) is 9.59 Å². The minimum Gasteiger partial charge on any atom is -0.322 e. The minimum absolute atomic E-state index is 0.0242. The van der Waals surface area contributed by atoms with Crippen molar-refractivity contribution in [3.63, 3.8) is 0 Å². The molecule has 0 spiro atoms. The van der Waals surface area contributed by atoms with Crippen LogP contribution in [0.3, 0.4) is 0 Å². The Bertz CT molecular complexity index is 134. The lowest BCUT2D eigenvalue weighted by Gasteiger charge is -2.04. The largest absolute Gasteiger partial charge is 0.322 e. The summed E-state index contributed by atoms with van der Waals surface area (Å²) in [6, 6.07) is -0.332. The highest BCUT2D eigenvalue weighted by Gasteiger charge is 2.05. The Morgan fingerprint density at radius 2 is 2.18 bits per heavy atom. The van der Waals surface area contributed by atoms with Crippen LogP contribution < -0.4 is 5.73 Å². The smallest absolute Gasteiger partial charge is 0.146 e. The average Bonchev–Trinajstić information content (AvgIpc) is 1.97. The number of Topliss-reactive ketones (excluding diaryl/α,β-unsaturated/α-hetero) is 1. The monoisotopic (exact) mass is 157 g/mol. The summed E-state index contributed by atoms with van der Waals surface area (Å²) < 4.78 is 0. The first-order valence-electron chi connectivity index (χ1n) is 3.88. The molecule has 1 unspecified atom stereocenters. The summed E-state index contributed by atoms with van der Waals surface area (Å²) in [6.07, 6.45) is 3.86. The first kappa shape index (κ1) is 10.3. The third kappa shape index (κ3) is 5.73. The molecule has 0 radical (unpaired) electrons. The van der Waals surface area contributed by atoms with Crippen molar-refractivity contribution >= 4 is 12.1 Å². The maximum atomic E-state index is 10.6. The third-order valence-electron chi connectivity index (χ3n) is 1.61. The van der Waals surface area contributed by atoms with Gasteiger partial charge in [-0.2, -0.15) is 0 Å². The number of rotatable bonds is 6. The van der Waals surface area contributed by atoms with Crippen LogP contribution in [0.25, 0.3) is 0 Å². The van der Waals surface area contributed by atoms with Gasteiger partial charge in [-0.05, 0) is 19.8 Å². The van der Waals surface area contributed by atoms with Crippen LogP contribution in [0.1, 0.15) is 32.6 Å². The number of unbranched alkanes of at least 4 members (excludes halogenated alkanes) is 2. The number of nitrogens with two attached hydrogens (primary N) is 1. The standard InChI is InChI=1S/C8H15NO2/c1-7(11)8(9)5-3-2-4-6-10/h6,8H,2-5,9H2,1H3. The molecular weight excluding hydrogens is 142 g/mol. The summed E-state index contributed by atoms with van der Waals surface area (Å²) in [5, 5.41) is 0. The van der Waals surface area contributed by atoms with Crippen molar-refractivity contribution in [1.82, 2.24) is 0 Å². The molecule has 2 N–H and O–H groups in total. The number of aldehydes is 1. The fraction of sp³-hybridized carbons (Fsp3) is 0.750. The first-order chi connectivity index (χ1) is 5.18. The van der Waals surface area contributed by atoms with Crippen LogP contribution in [0.15, 0.2) is 0 Å². The predicted molar refractivity (Wildman–Crippen MR) is 43.2 cm³/mol. The normalized spacial score (nSPS) is 12.5. The maximum Gasteiger partial charge on any atom is 0.146 e. The van der Waals surface area contributed by atoms with Crippen LogP contribution in [0, 0.1) is 0 Å². The number of hydrogen-bond donors (Lipinski definition) is 1. The minimum atomic E-state index is -0.332. The second-order valence-electron chi connectivity index (χ2n) is 2.67. The van der Waals surface area contributed by atoms with E-state index in [-0.39, 0.29) is 11.8 Å². The lowest BCUT2D eigenvalue weighted by molar-refractivity contribution is -0.118. The lowest BCUT2D eigenvalue weighted by atomic mass is 10.1. The Morgan fingerprint density at radius 1 is 1.55 bits per heavy atom. The Morgan fingerprint density at radius 3 is 2.64 bits per heavy atom. The molecule has 3 heteroatoms. The third-order valence-corrected chi connectivity index (χ3v) is 1.61. The van der Waals surface area contributed by atoms with E-state index in [2.05, 4.69) is 0 Å². The van der Waals surface area contributed by atoms with Crippen molar-refractivity contribution in [2.75, 3.05) is 0 Å². The van der Waals surface area contributed by atoms with Gasteiger partial charge in [0.1, 0.15) is 12.1 Å². The Labute approximate surface area is 67.0 Å². The van der Waals surface area contributed by atoms with Gasteiger partial charge < -0.3 is 10.5 Å². The predicted octanol–water partition coefficient (Wildman–Crippen LogP) is 0.662. The molecule has 0 aromatic rings. The van der Waals surface area contributed by atoms with Crippen molar-refractivity contribution < 1.29 is 9.59 Å². The maximum absolute atomic E-state index is 10.6. The fourth-order valence-corrected chi connectivity index (χ4v) is 0.795. The van der Waals surface area contributed by atoms with Crippen molar-refractivity contribution in [3.05, 3.63) is 0 Å². The van der Waals surface area contributed by atoms with E-state index in [0.29, 0.717) is 12.8 Å². The summed E-state index contributed by atoms with van der Waals surface area (Å²) in [4.78, 5) is 20.5. The van der Waals surface area contributed by atoms with E-state index in [1.165, 1.54) is 6.92 Å². The average molecular weight is 157 g/mol. The zero-order valence-electron chi connectivity index (χ0n) is 6.88. The van der Waals surface area contributed by atoms with E-state index in [9.17, 15) is 9.59 Å². The topological polar surface area (TPSA) is 60.2 Å². The van der Waals surface area contributed by atoms with Gasteiger partial charge in [-0.3, -0.25) is 4.79 Å². The molecule has 0 amide bonds. The molecule has 0 aromatic carbocycles. The lowest BCUT2D eigenvalue weighted by Crippen LogP contribution is -2.27. The number of ketones is 1. The number of carbonyl (C=O) groups is 2. The van der Waals surface area contributed by atoms with E-state index >= 15 is 0 Å². The molecule has 0 aliphatic heterocycles. The van der Waals surface area contributed by atoms with Crippen LogP contribution >= 0.6 is 0 Å². The summed E-state index contributed by atoms with van der Waals surface area (Å²) >= 11 is 0. The van der Waals surface area contributed by atoms with Gasteiger partial charge in [-0.1, -0.05) is 6.42 Å². The molecule has 11 heavy (non-hydrogen) atoms. The molecule has 0 saturated heterocycles. The van der Waals surface area contributed by atoms with E-state index < -0.39 is 0 Å². The van der Waals surface area contributed by atoms with Gasteiger partial charge in [-0.25, -0.2) is 0 Å². The van der Waals surface area contributed by atoms with Gasteiger partial charge >= 0.3 is 0 Å². The molecule has 3 nitrogen and oxygen atoms in total. The molecule has 0 heterocycles. The molecule has 1 atom stereocenters. The van der Waals surface area contributed by atoms with E-state index in [1.54, 1.807) is 0 Å². The van der Waals surface area contributed by atoms with Crippen molar-refractivity contribution in [2.45, 2.75) is 38.6 Å². The van der Waals surface area contributed by atoms with Crippen molar-refractivity contribution in [1.29, 1.82) is 0 Å². The highest BCUT2D eigenvalue weighted by Crippen LogP contribution is 2.01. The van der Waals surface area contributed by atoms with Crippen LogP contribution in [0.2, 0.25) is 0 Å². The summed E-state index contributed by atoms with van der Waals surface area (Å²) in [5.74, 6) is 0.0242. The first-order valence-corrected chi connectivity index (χ1v) is 3.88. The Kier molecular flexibility index (Phi) is 5.65. The zero-order valence-corrected chi connectivity index (χ0v) is 6.88. The van der Waals surface area contributed by atoms with E-state index in [4.69, 9.17) is 5.73 Å². The van der Waals surface area contributed by atoms with Crippen LogP contribution in [0.5, 0.6) is 0 Å². The molecule has 0 fully saturated rings. The van der Waals surface area contributed by atoms with E-state index in [0.717, 1.165) is 19.1 Å². The van der Waals surface area contributed by atoms with Gasteiger partial charge in [0.05, 0.1) is 6.04 Å². The number of carbonyl (C=O) groups excluding carboxylic acids is 2. The molecular formula is C8H15NO2. The SMILES string of the molecule is CC(=O)C(N)CCCCC=O. The molecule has 0 aromatic heterocycles. The van der Waals surface area contributed by atoms with Gasteiger partial charge in [0.25, 0.3) is 0 Å². The summed E-state index contributed by atoms with van der Waals surface area (Å²) in [6.45, 7) is 1.49. The fourth-order valence-electron chi connectivity index (χ4n) is 0.795. The second-order valence-corrected chi connectivity index (χ2v) is 2.67. The zero-order chi connectivity index (χ0) is 8.69. The molecule has 0 aliphatic rings. The van der Waals surface area contributed by atoms with Crippen molar-refractivity contribution in [2.24, 2.45) is 5.73 Å². The molecule has 0 rings (SSSR count). The van der Waals surface area contributed by atoms with Gasteiger partial charge in [0.15, 0.2) is 0 Å². The van der Waals surface area contributed by atoms with Crippen LogP contribution in [0.4, 0.5) is 0 Å². The second kappa shape index (κ2) is 6.04. The van der Waals surface area contributed by atoms with Gasteiger partial charge in [-0.15, -0.1) is 0 Å². The quantitative estimate of drug-likeness (QED) is 0.455. The molecule has 0 bridgehead atoms. The molecule has 64 valence electrons. The molecule has 0 aliphatic carbocycles. The van der Waals surface area contributed by atoms with E-state index in [1.807, 2.05) is 0 Å². The van der Waals surface area contributed by atoms with Gasteiger partial charge in [0.2, 0.25) is 0 Å². The van der Waals surface area contributed by atoms with Gasteiger partial charge in [0, 0.05) is 6.42 Å². The number of hydrogen-bond acceptors (Lipinski definition) is 3. The summed E-state index contributed by atoms with van der Waals surface area (Å²) in [7, 11) is 0.